The average molecular weight is 235 g/mol. The number of aromatic nitrogens is 1. The van der Waals surface area contributed by atoms with Gasteiger partial charge in [-0.15, -0.1) is 0 Å². The number of aryl methyl sites for hydroxylation is 2. The molecule has 1 nitrogen and oxygen atoms in total. The molecule has 1 aromatic heterocycles. The maximum absolute atomic E-state index is 4.64. The van der Waals surface area contributed by atoms with Crippen molar-refractivity contribution >= 4 is 6.08 Å². The Morgan fingerprint density at radius 2 is 1.72 bits per heavy atom. The predicted octanol–water partition coefficient (Wildman–Crippen LogP) is 4.32. The molecule has 0 unspecified atom stereocenters. The van der Waals surface area contributed by atoms with Gasteiger partial charge < -0.3 is 0 Å². The van der Waals surface area contributed by atoms with Crippen LogP contribution in [0.3, 0.4) is 0 Å². The van der Waals surface area contributed by atoms with E-state index in [4.69, 9.17) is 0 Å². The number of allylic oxidation sites excluding steroid dienone is 1. The molecule has 0 spiro atoms. The Morgan fingerprint density at radius 3 is 2.44 bits per heavy atom. The van der Waals surface area contributed by atoms with E-state index in [1.165, 1.54) is 33.4 Å². The summed E-state index contributed by atoms with van der Waals surface area (Å²) in [5.41, 5.74) is 9.10. The molecule has 0 bridgehead atoms. The minimum absolute atomic E-state index is 1.07. The molecular weight excluding hydrogens is 218 g/mol. The summed E-state index contributed by atoms with van der Waals surface area (Å²) in [6, 6.07) is 8.62. The van der Waals surface area contributed by atoms with Crippen molar-refractivity contribution in [3.63, 3.8) is 0 Å². The molecule has 0 N–H and O–H groups in total. The van der Waals surface area contributed by atoms with E-state index in [9.17, 15) is 0 Å². The molecule has 0 atom stereocenters. The van der Waals surface area contributed by atoms with Crippen molar-refractivity contribution in [1.82, 2.24) is 4.98 Å². The lowest BCUT2D eigenvalue weighted by Crippen LogP contribution is -1.95. The molecule has 90 valence electrons. The van der Waals surface area contributed by atoms with E-state index >= 15 is 0 Å². The molecule has 0 saturated heterocycles. The van der Waals surface area contributed by atoms with Gasteiger partial charge in [0.05, 0.1) is 5.69 Å². The normalized spacial score (nSPS) is 13.4. The van der Waals surface area contributed by atoms with E-state index < -0.39 is 0 Å². The third-order valence-electron chi connectivity index (χ3n) is 3.61. The Morgan fingerprint density at radius 1 is 1.00 bits per heavy atom. The maximum atomic E-state index is 4.64. The fraction of sp³-hybridized carbons (Fsp3) is 0.235. The summed E-state index contributed by atoms with van der Waals surface area (Å²) >= 11 is 0. The summed E-state index contributed by atoms with van der Waals surface area (Å²) in [6.07, 6.45) is 5.35. The summed E-state index contributed by atoms with van der Waals surface area (Å²) in [4.78, 5) is 4.64. The summed E-state index contributed by atoms with van der Waals surface area (Å²) in [5, 5.41) is 0. The van der Waals surface area contributed by atoms with E-state index in [0.29, 0.717) is 0 Å². The number of pyridine rings is 1. The Kier molecular flexibility index (Phi) is 2.55. The Bertz CT molecular complexity index is 633. The molecule has 0 radical (unpaired) electrons. The Hall–Kier alpha value is -1.89. The van der Waals surface area contributed by atoms with Crippen LogP contribution in [0.25, 0.3) is 17.3 Å². The van der Waals surface area contributed by atoms with Crippen molar-refractivity contribution in [2.24, 2.45) is 0 Å². The molecule has 0 amide bonds. The molecule has 1 aliphatic rings. The molecule has 1 aromatic carbocycles. The first-order chi connectivity index (χ1) is 8.65. The minimum atomic E-state index is 1.07. The van der Waals surface area contributed by atoms with Gasteiger partial charge in [-0.05, 0) is 38.3 Å². The van der Waals surface area contributed by atoms with Crippen molar-refractivity contribution in [3.8, 4) is 11.3 Å². The predicted molar refractivity (Wildman–Crippen MR) is 76.5 cm³/mol. The van der Waals surface area contributed by atoms with Crippen LogP contribution in [-0.2, 0) is 6.42 Å². The quantitative estimate of drug-likeness (QED) is 0.717. The summed E-state index contributed by atoms with van der Waals surface area (Å²) in [5.74, 6) is 0. The third kappa shape index (κ3) is 1.76. The van der Waals surface area contributed by atoms with Crippen molar-refractivity contribution in [1.29, 1.82) is 0 Å². The summed E-state index contributed by atoms with van der Waals surface area (Å²) in [7, 11) is 0. The lowest BCUT2D eigenvalue weighted by atomic mass is 9.99. The second kappa shape index (κ2) is 4.09. The zero-order chi connectivity index (χ0) is 12.7. The zero-order valence-corrected chi connectivity index (χ0v) is 11.1. The maximum Gasteiger partial charge on any atom is 0.0777 e. The molecule has 0 saturated carbocycles. The van der Waals surface area contributed by atoms with E-state index in [1.807, 2.05) is 6.20 Å². The van der Waals surface area contributed by atoms with E-state index in [1.54, 1.807) is 0 Å². The topological polar surface area (TPSA) is 12.9 Å². The van der Waals surface area contributed by atoms with Gasteiger partial charge in [-0.2, -0.15) is 0 Å². The van der Waals surface area contributed by atoms with Crippen LogP contribution >= 0.6 is 0 Å². The van der Waals surface area contributed by atoms with Gasteiger partial charge in [0, 0.05) is 17.3 Å². The Labute approximate surface area is 108 Å². The molecule has 1 aliphatic carbocycles. The van der Waals surface area contributed by atoms with Gasteiger partial charge in [0.2, 0.25) is 0 Å². The molecule has 3 rings (SSSR count). The molecule has 0 fully saturated rings. The fourth-order valence-electron chi connectivity index (χ4n) is 2.57. The van der Waals surface area contributed by atoms with Crippen molar-refractivity contribution < 1.29 is 0 Å². The van der Waals surface area contributed by atoms with Crippen LogP contribution in [-0.4, -0.2) is 4.98 Å². The van der Waals surface area contributed by atoms with Crippen LogP contribution < -0.4 is 0 Å². The van der Waals surface area contributed by atoms with Crippen LogP contribution in [0.5, 0.6) is 0 Å². The highest BCUT2D eigenvalue weighted by molar-refractivity contribution is 5.78. The van der Waals surface area contributed by atoms with E-state index in [2.05, 4.69) is 56.1 Å². The van der Waals surface area contributed by atoms with Crippen LogP contribution in [0.4, 0.5) is 0 Å². The van der Waals surface area contributed by atoms with Crippen LogP contribution in [0.1, 0.15) is 29.2 Å². The lowest BCUT2D eigenvalue weighted by molar-refractivity contribution is 1.13. The number of fused-ring (bicyclic) bond motifs is 1. The number of rotatable bonds is 1. The van der Waals surface area contributed by atoms with Crippen molar-refractivity contribution in [2.75, 3.05) is 0 Å². The summed E-state index contributed by atoms with van der Waals surface area (Å²) in [6.45, 7) is 6.45. The molecule has 2 aromatic rings. The number of hydrogen-bond donors (Lipinski definition) is 0. The van der Waals surface area contributed by atoms with Crippen LogP contribution in [0, 0.1) is 13.8 Å². The third-order valence-corrected chi connectivity index (χ3v) is 3.61. The summed E-state index contributed by atoms with van der Waals surface area (Å²) < 4.78 is 0. The highest BCUT2D eigenvalue weighted by atomic mass is 14.7. The fourth-order valence-corrected chi connectivity index (χ4v) is 2.57. The molecular formula is C17H17N. The molecule has 0 aliphatic heterocycles. The van der Waals surface area contributed by atoms with Gasteiger partial charge in [-0.1, -0.05) is 41.5 Å². The van der Waals surface area contributed by atoms with Gasteiger partial charge in [-0.25, -0.2) is 0 Å². The first-order valence-corrected chi connectivity index (χ1v) is 6.38. The highest BCUT2D eigenvalue weighted by Crippen LogP contribution is 2.34. The monoisotopic (exact) mass is 235 g/mol. The highest BCUT2D eigenvalue weighted by Gasteiger charge is 2.17. The first kappa shape index (κ1) is 11.2. The molecule has 18 heavy (non-hydrogen) atoms. The van der Waals surface area contributed by atoms with Gasteiger partial charge in [-0.3, -0.25) is 4.98 Å². The number of benzene rings is 1. The second-order valence-corrected chi connectivity index (χ2v) is 5.22. The largest absolute Gasteiger partial charge is 0.255 e. The van der Waals surface area contributed by atoms with E-state index in [-0.39, 0.29) is 0 Å². The van der Waals surface area contributed by atoms with Gasteiger partial charge in [0.25, 0.3) is 0 Å². The zero-order valence-electron chi connectivity index (χ0n) is 11.1. The van der Waals surface area contributed by atoms with Gasteiger partial charge in [0.15, 0.2) is 0 Å². The number of nitrogens with zero attached hydrogens (tertiary/aromatic N) is 1. The SMILES string of the molecule is CC1=Cc2c(-c3ccc(C)cc3)ncc(C)c2C1. The molecule has 1 heterocycles. The van der Waals surface area contributed by atoms with E-state index in [0.717, 1.165) is 12.1 Å². The van der Waals surface area contributed by atoms with Crippen molar-refractivity contribution in [2.45, 2.75) is 27.2 Å². The smallest absolute Gasteiger partial charge is 0.0777 e. The molecule has 1 heteroatoms. The average Bonchev–Trinajstić information content (AvgIpc) is 2.74. The Balaban J connectivity index is 2.19. The van der Waals surface area contributed by atoms with Crippen molar-refractivity contribution in [3.05, 3.63) is 58.3 Å². The first-order valence-electron chi connectivity index (χ1n) is 6.38. The standard InChI is InChI=1S/C17H17N/c1-11-4-6-14(7-5-11)17-16-9-12(2)8-15(16)13(3)10-18-17/h4-7,9-10H,8H2,1-3H3. The minimum Gasteiger partial charge on any atom is -0.255 e. The van der Waals surface area contributed by atoms with Gasteiger partial charge in [0.1, 0.15) is 0 Å². The number of hydrogen-bond acceptors (Lipinski definition) is 1. The van der Waals surface area contributed by atoms with Crippen LogP contribution in [0.2, 0.25) is 0 Å². The van der Waals surface area contributed by atoms with Gasteiger partial charge >= 0.3 is 0 Å². The van der Waals surface area contributed by atoms with Crippen LogP contribution in [0.15, 0.2) is 36.0 Å². The lowest BCUT2D eigenvalue weighted by Gasteiger charge is -2.09. The second-order valence-electron chi connectivity index (χ2n) is 5.22.